The van der Waals surface area contributed by atoms with Gasteiger partial charge in [-0.1, -0.05) is 74.5 Å². The summed E-state index contributed by atoms with van der Waals surface area (Å²) >= 11 is 1.71. The molecule has 0 aliphatic rings. The molecule has 2 aromatic heterocycles. The largest absolute Gasteiger partial charge is 0.383 e. The molecular weight excluding hydrogens is 338 g/mol. The van der Waals surface area contributed by atoms with Crippen LogP contribution in [0.4, 0.5) is 5.82 Å². The molecule has 4 rings (SSSR count). The number of hydrogen-bond acceptors (Lipinski definition) is 4. The summed E-state index contributed by atoms with van der Waals surface area (Å²) in [6, 6.07) is 22.6. The van der Waals surface area contributed by atoms with Crippen LogP contribution in [0.25, 0.3) is 21.6 Å². The lowest BCUT2D eigenvalue weighted by atomic mass is 10.1. The van der Waals surface area contributed by atoms with Gasteiger partial charge in [0, 0.05) is 10.4 Å². The van der Waals surface area contributed by atoms with E-state index in [1.165, 1.54) is 10.4 Å². The Morgan fingerprint density at radius 1 is 0.846 bits per heavy atom. The Kier molecular flexibility index (Phi) is 5.97. The number of hydrogen-bond donors (Lipinski definition) is 1. The van der Waals surface area contributed by atoms with Gasteiger partial charge >= 0.3 is 0 Å². The molecule has 0 radical (unpaired) electrons. The molecule has 0 unspecified atom stereocenters. The lowest BCUT2D eigenvalue weighted by Crippen LogP contribution is -1.95. The Morgan fingerprint density at radius 3 is 2.19 bits per heavy atom. The molecule has 0 saturated carbocycles. The van der Waals surface area contributed by atoms with Crippen LogP contribution in [0.3, 0.4) is 0 Å². The van der Waals surface area contributed by atoms with Gasteiger partial charge < -0.3 is 5.73 Å². The van der Waals surface area contributed by atoms with Crippen molar-refractivity contribution in [3.8, 4) is 11.4 Å². The fraction of sp³-hybridized carbons (Fsp3) is 0.182. The van der Waals surface area contributed by atoms with Crippen LogP contribution in [0.15, 0.2) is 66.7 Å². The van der Waals surface area contributed by atoms with E-state index in [4.69, 9.17) is 10.7 Å². The summed E-state index contributed by atoms with van der Waals surface area (Å²) in [4.78, 5) is 11.4. The summed E-state index contributed by atoms with van der Waals surface area (Å²) in [5, 5.41) is 0.961. The summed E-state index contributed by atoms with van der Waals surface area (Å²) in [5.41, 5.74) is 8.51. The average Bonchev–Trinajstić information content (AvgIpc) is 3.13. The normalized spacial score (nSPS) is 10.4. The predicted molar refractivity (Wildman–Crippen MR) is 112 cm³/mol. The van der Waals surface area contributed by atoms with Crippen molar-refractivity contribution in [2.75, 3.05) is 5.73 Å². The fourth-order valence-electron chi connectivity index (χ4n) is 2.75. The van der Waals surface area contributed by atoms with Crippen LogP contribution in [0.2, 0.25) is 0 Å². The first-order valence-corrected chi connectivity index (χ1v) is 9.76. The zero-order chi connectivity index (χ0) is 18.4. The zero-order valence-electron chi connectivity index (χ0n) is 15.1. The number of fused-ring (bicyclic) bond motifs is 1. The van der Waals surface area contributed by atoms with Crippen molar-refractivity contribution in [2.45, 2.75) is 26.7 Å². The molecule has 2 N–H and O–H groups in total. The number of thiophene rings is 1. The molecule has 0 amide bonds. The van der Waals surface area contributed by atoms with Gasteiger partial charge in [-0.25, -0.2) is 9.97 Å². The summed E-state index contributed by atoms with van der Waals surface area (Å²) in [5.74, 6) is 1.25. The van der Waals surface area contributed by atoms with Crippen LogP contribution in [-0.4, -0.2) is 9.97 Å². The van der Waals surface area contributed by atoms with Crippen molar-refractivity contribution >= 4 is 27.4 Å². The molecule has 0 aliphatic carbocycles. The second-order valence-electron chi connectivity index (χ2n) is 5.72. The molecule has 26 heavy (non-hydrogen) atoms. The van der Waals surface area contributed by atoms with E-state index in [1.54, 1.807) is 11.3 Å². The Morgan fingerprint density at radius 2 is 1.50 bits per heavy atom. The number of aryl methyl sites for hydroxylation is 2. The first kappa shape index (κ1) is 18.1. The second kappa shape index (κ2) is 8.59. The first-order valence-electron chi connectivity index (χ1n) is 8.95. The lowest BCUT2D eigenvalue weighted by Gasteiger charge is -2.01. The maximum Gasteiger partial charge on any atom is 0.163 e. The van der Waals surface area contributed by atoms with E-state index < -0.39 is 0 Å². The van der Waals surface area contributed by atoms with Crippen molar-refractivity contribution < 1.29 is 0 Å². The third kappa shape index (κ3) is 4.09. The van der Waals surface area contributed by atoms with Gasteiger partial charge in [0.05, 0.1) is 5.39 Å². The van der Waals surface area contributed by atoms with Gasteiger partial charge in [0.1, 0.15) is 10.6 Å². The van der Waals surface area contributed by atoms with E-state index in [2.05, 4.69) is 35.3 Å². The highest BCUT2D eigenvalue weighted by molar-refractivity contribution is 7.18. The Labute approximate surface area is 158 Å². The van der Waals surface area contributed by atoms with Crippen LogP contribution in [0.5, 0.6) is 0 Å². The van der Waals surface area contributed by atoms with E-state index in [0.29, 0.717) is 11.6 Å². The number of aromatic nitrogens is 2. The Hall–Kier alpha value is -2.72. The third-order valence-corrected chi connectivity index (χ3v) is 5.10. The molecule has 4 aromatic rings. The molecule has 0 aliphatic heterocycles. The molecule has 2 aromatic carbocycles. The molecule has 0 spiro atoms. The SMILES string of the molecule is CC.Nc1nc(-c2ccccc2)nc2sc(CCc3ccccc3)cc12. The second-order valence-corrected chi connectivity index (χ2v) is 6.83. The predicted octanol–water partition coefficient (Wildman–Crippen LogP) is 5.75. The molecule has 2 heterocycles. The molecule has 0 fully saturated rings. The molecule has 0 bridgehead atoms. The van der Waals surface area contributed by atoms with Crippen LogP contribution in [0.1, 0.15) is 24.3 Å². The van der Waals surface area contributed by atoms with E-state index in [1.807, 2.05) is 50.2 Å². The quantitative estimate of drug-likeness (QED) is 0.503. The lowest BCUT2D eigenvalue weighted by molar-refractivity contribution is 0.982. The maximum atomic E-state index is 6.17. The number of benzene rings is 2. The van der Waals surface area contributed by atoms with Crippen LogP contribution in [-0.2, 0) is 12.8 Å². The smallest absolute Gasteiger partial charge is 0.163 e. The van der Waals surface area contributed by atoms with Crippen LogP contribution in [0, 0.1) is 0 Å². The van der Waals surface area contributed by atoms with Crippen molar-refractivity contribution in [1.82, 2.24) is 9.97 Å². The monoisotopic (exact) mass is 361 g/mol. The van der Waals surface area contributed by atoms with Crippen molar-refractivity contribution in [2.24, 2.45) is 0 Å². The van der Waals surface area contributed by atoms with E-state index in [9.17, 15) is 0 Å². The van der Waals surface area contributed by atoms with E-state index >= 15 is 0 Å². The summed E-state index contributed by atoms with van der Waals surface area (Å²) in [7, 11) is 0. The van der Waals surface area contributed by atoms with E-state index in [0.717, 1.165) is 28.6 Å². The number of nitrogens with zero attached hydrogens (tertiary/aromatic N) is 2. The minimum absolute atomic E-state index is 0.557. The molecular formula is C22H23N3S. The fourth-order valence-corrected chi connectivity index (χ4v) is 3.78. The summed E-state index contributed by atoms with van der Waals surface area (Å²) < 4.78 is 0. The number of rotatable bonds is 4. The summed E-state index contributed by atoms with van der Waals surface area (Å²) in [6.07, 6.45) is 2.01. The summed E-state index contributed by atoms with van der Waals surface area (Å²) in [6.45, 7) is 4.00. The highest BCUT2D eigenvalue weighted by Crippen LogP contribution is 2.30. The van der Waals surface area contributed by atoms with Crippen LogP contribution >= 0.6 is 11.3 Å². The van der Waals surface area contributed by atoms with Gasteiger partial charge in [-0.15, -0.1) is 11.3 Å². The van der Waals surface area contributed by atoms with Gasteiger partial charge in [-0.2, -0.15) is 0 Å². The number of nitrogens with two attached hydrogens (primary N) is 1. The highest BCUT2D eigenvalue weighted by atomic mass is 32.1. The van der Waals surface area contributed by atoms with Crippen LogP contribution < -0.4 is 5.73 Å². The van der Waals surface area contributed by atoms with Crippen molar-refractivity contribution in [3.63, 3.8) is 0 Å². The molecule has 3 nitrogen and oxygen atoms in total. The molecule has 4 heteroatoms. The highest BCUT2D eigenvalue weighted by Gasteiger charge is 2.11. The minimum atomic E-state index is 0.557. The molecule has 0 atom stereocenters. The van der Waals surface area contributed by atoms with Crippen molar-refractivity contribution in [1.29, 1.82) is 0 Å². The standard InChI is InChI=1S/C20H17N3S.C2H6/c21-18-17-13-16(12-11-14-7-3-1-4-8-14)24-20(17)23-19(22-18)15-9-5-2-6-10-15;1-2/h1-10,13H,11-12H2,(H2,21,22,23);1-2H3. The van der Waals surface area contributed by atoms with Gasteiger partial charge in [-0.05, 0) is 24.5 Å². The van der Waals surface area contributed by atoms with Gasteiger partial charge in [0.15, 0.2) is 5.82 Å². The minimum Gasteiger partial charge on any atom is -0.383 e. The number of anilines is 1. The first-order chi connectivity index (χ1) is 12.8. The van der Waals surface area contributed by atoms with E-state index in [-0.39, 0.29) is 0 Å². The average molecular weight is 362 g/mol. The van der Waals surface area contributed by atoms with Gasteiger partial charge in [-0.3, -0.25) is 0 Å². The van der Waals surface area contributed by atoms with Crippen molar-refractivity contribution in [3.05, 3.63) is 77.2 Å². The maximum absolute atomic E-state index is 6.17. The number of nitrogen functional groups attached to an aromatic ring is 1. The van der Waals surface area contributed by atoms with Gasteiger partial charge in [0.2, 0.25) is 0 Å². The Bertz CT molecular complexity index is 963. The zero-order valence-corrected chi connectivity index (χ0v) is 16.0. The van der Waals surface area contributed by atoms with Gasteiger partial charge in [0.25, 0.3) is 0 Å². The molecule has 132 valence electrons. The molecule has 0 saturated heterocycles. The topological polar surface area (TPSA) is 51.8 Å². The third-order valence-electron chi connectivity index (χ3n) is 4.01. The Balaban J connectivity index is 0.000000948.